The molecule has 1 amide bonds. The Morgan fingerprint density at radius 3 is 2.83 bits per heavy atom. The number of nitrogens with zero attached hydrogens (tertiary/aromatic N) is 2. The number of hydrogen-bond acceptors (Lipinski definition) is 5. The van der Waals surface area contributed by atoms with E-state index in [9.17, 15) is 4.79 Å². The zero-order valence-corrected chi connectivity index (χ0v) is 14.4. The summed E-state index contributed by atoms with van der Waals surface area (Å²) < 4.78 is 5.65. The molecule has 2 aromatic rings. The quantitative estimate of drug-likeness (QED) is 0.716. The maximum Gasteiger partial charge on any atom is 0.226 e. The molecule has 1 heterocycles. The smallest absolute Gasteiger partial charge is 0.226 e. The van der Waals surface area contributed by atoms with E-state index in [2.05, 4.69) is 15.2 Å². The maximum atomic E-state index is 11.9. The van der Waals surface area contributed by atoms with Crippen molar-refractivity contribution in [2.45, 2.75) is 19.4 Å². The van der Waals surface area contributed by atoms with Crippen molar-refractivity contribution in [2.24, 2.45) is 0 Å². The highest BCUT2D eigenvalue weighted by Crippen LogP contribution is 2.15. The van der Waals surface area contributed by atoms with E-state index in [0.717, 1.165) is 29.4 Å². The standard InChI is InChI=1S/C17H23N3O2S/c1-20(2)10-6-9-18-16(21)11-14-13-23-17(19-14)12-22-15-7-4-3-5-8-15/h3-5,7-8,13H,6,9-12H2,1-2H3,(H,18,21). The highest BCUT2D eigenvalue weighted by atomic mass is 32.1. The van der Waals surface area contributed by atoms with Gasteiger partial charge in [0.1, 0.15) is 17.4 Å². The zero-order valence-electron chi connectivity index (χ0n) is 13.6. The Bertz CT molecular complexity index is 599. The van der Waals surface area contributed by atoms with Gasteiger partial charge in [-0.25, -0.2) is 4.98 Å². The van der Waals surface area contributed by atoms with Gasteiger partial charge in [0.25, 0.3) is 0 Å². The lowest BCUT2D eigenvalue weighted by molar-refractivity contribution is -0.120. The summed E-state index contributed by atoms with van der Waals surface area (Å²) in [5.74, 6) is 0.840. The normalized spacial score (nSPS) is 10.7. The maximum absolute atomic E-state index is 11.9. The van der Waals surface area contributed by atoms with Gasteiger partial charge in [-0.15, -0.1) is 11.3 Å². The number of carbonyl (C=O) groups excluding carboxylic acids is 1. The van der Waals surface area contributed by atoms with Gasteiger partial charge in [-0.3, -0.25) is 4.79 Å². The number of rotatable bonds is 9. The molecule has 124 valence electrons. The van der Waals surface area contributed by atoms with E-state index in [1.807, 2.05) is 49.8 Å². The molecular formula is C17H23N3O2S. The van der Waals surface area contributed by atoms with Crippen molar-refractivity contribution < 1.29 is 9.53 Å². The molecule has 23 heavy (non-hydrogen) atoms. The van der Waals surface area contributed by atoms with Gasteiger partial charge in [0.2, 0.25) is 5.91 Å². The number of benzene rings is 1. The van der Waals surface area contributed by atoms with Gasteiger partial charge < -0.3 is 15.0 Å². The van der Waals surface area contributed by atoms with Gasteiger partial charge in [0.05, 0.1) is 12.1 Å². The molecule has 0 aliphatic rings. The van der Waals surface area contributed by atoms with Crippen LogP contribution in [0.2, 0.25) is 0 Å². The molecule has 0 unspecified atom stereocenters. The second-order valence-corrected chi connectivity index (χ2v) is 6.46. The van der Waals surface area contributed by atoms with Gasteiger partial charge in [-0.2, -0.15) is 0 Å². The van der Waals surface area contributed by atoms with E-state index in [4.69, 9.17) is 4.74 Å². The Labute approximate surface area is 141 Å². The van der Waals surface area contributed by atoms with Gasteiger partial charge in [-0.1, -0.05) is 18.2 Å². The molecule has 0 radical (unpaired) electrons. The van der Waals surface area contributed by atoms with Crippen molar-refractivity contribution in [3.8, 4) is 5.75 Å². The van der Waals surface area contributed by atoms with Crippen LogP contribution in [0.3, 0.4) is 0 Å². The molecule has 0 aliphatic carbocycles. The summed E-state index contributed by atoms with van der Waals surface area (Å²) in [6.07, 6.45) is 1.27. The number of aromatic nitrogens is 1. The topological polar surface area (TPSA) is 54.5 Å². The first-order chi connectivity index (χ1) is 11.1. The van der Waals surface area contributed by atoms with Gasteiger partial charge in [0, 0.05) is 11.9 Å². The second kappa shape index (κ2) is 9.27. The van der Waals surface area contributed by atoms with E-state index in [0.29, 0.717) is 19.6 Å². The van der Waals surface area contributed by atoms with E-state index in [1.165, 1.54) is 11.3 Å². The summed E-state index contributed by atoms with van der Waals surface area (Å²) in [5, 5.41) is 5.72. The fourth-order valence-corrected chi connectivity index (χ4v) is 2.71. The Kier molecular flexibility index (Phi) is 7.03. The lowest BCUT2D eigenvalue weighted by Crippen LogP contribution is -2.28. The van der Waals surface area contributed by atoms with E-state index < -0.39 is 0 Å². The van der Waals surface area contributed by atoms with Crippen LogP contribution >= 0.6 is 11.3 Å². The summed E-state index contributed by atoms with van der Waals surface area (Å²) >= 11 is 1.52. The number of nitrogens with one attached hydrogen (secondary N) is 1. The first-order valence-electron chi connectivity index (χ1n) is 7.66. The molecule has 5 nitrogen and oxygen atoms in total. The summed E-state index contributed by atoms with van der Waals surface area (Å²) in [5.41, 5.74) is 0.798. The molecule has 0 aliphatic heterocycles. The highest BCUT2D eigenvalue weighted by molar-refractivity contribution is 7.09. The summed E-state index contributed by atoms with van der Waals surface area (Å²) in [6.45, 7) is 2.10. The number of ether oxygens (including phenoxy) is 1. The van der Waals surface area contributed by atoms with Crippen LogP contribution in [0.1, 0.15) is 17.1 Å². The first kappa shape index (κ1) is 17.4. The lowest BCUT2D eigenvalue weighted by atomic mass is 10.3. The van der Waals surface area contributed by atoms with Crippen molar-refractivity contribution in [1.29, 1.82) is 0 Å². The van der Waals surface area contributed by atoms with E-state index in [1.54, 1.807) is 0 Å². The predicted molar refractivity (Wildman–Crippen MR) is 92.8 cm³/mol. The van der Waals surface area contributed by atoms with Crippen LogP contribution < -0.4 is 10.1 Å². The van der Waals surface area contributed by atoms with E-state index >= 15 is 0 Å². The average Bonchev–Trinajstić information content (AvgIpc) is 2.98. The minimum atomic E-state index is 0.0181. The minimum Gasteiger partial charge on any atom is -0.486 e. The highest BCUT2D eigenvalue weighted by Gasteiger charge is 2.08. The Morgan fingerprint density at radius 2 is 2.09 bits per heavy atom. The van der Waals surface area contributed by atoms with E-state index in [-0.39, 0.29) is 5.91 Å². The molecule has 2 rings (SSSR count). The number of thiazole rings is 1. The number of para-hydroxylation sites is 1. The molecule has 6 heteroatoms. The molecule has 0 spiro atoms. The monoisotopic (exact) mass is 333 g/mol. The van der Waals surface area contributed by atoms with Gasteiger partial charge >= 0.3 is 0 Å². The van der Waals surface area contributed by atoms with Crippen LogP contribution in [0.5, 0.6) is 5.75 Å². The van der Waals surface area contributed by atoms with Crippen molar-refractivity contribution in [2.75, 3.05) is 27.2 Å². The third-order valence-electron chi connectivity index (χ3n) is 3.15. The largest absolute Gasteiger partial charge is 0.486 e. The van der Waals surface area contributed by atoms with Crippen LogP contribution in [-0.4, -0.2) is 43.0 Å². The molecule has 0 fully saturated rings. The van der Waals surface area contributed by atoms with Crippen LogP contribution in [0.15, 0.2) is 35.7 Å². The Hall–Kier alpha value is -1.92. The third kappa shape index (κ3) is 6.80. The third-order valence-corrected chi connectivity index (χ3v) is 4.02. The molecule has 0 bridgehead atoms. The van der Waals surface area contributed by atoms with Crippen molar-refractivity contribution in [3.63, 3.8) is 0 Å². The fraction of sp³-hybridized carbons (Fsp3) is 0.412. The van der Waals surface area contributed by atoms with Gasteiger partial charge in [0.15, 0.2) is 0 Å². The molecule has 0 saturated heterocycles. The second-order valence-electron chi connectivity index (χ2n) is 5.52. The molecule has 1 aromatic heterocycles. The van der Waals surface area contributed by atoms with Crippen molar-refractivity contribution >= 4 is 17.2 Å². The molecular weight excluding hydrogens is 310 g/mol. The summed E-state index contributed by atoms with van der Waals surface area (Å²) in [4.78, 5) is 18.4. The molecule has 1 N–H and O–H groups in total. The number of hydrogen-bond donors (Lipinski definition) is 1. The van der Waals surface area contributed by atoms with Crippen LogP contribution in [0.4, 0.5) is 0 Å². The molecule has 0 atom stereocenters. The van der Waals surface area contributed by atoms with Crippen molar-refractivity contribution in [1.82, 2.24) is 15.2 Å². The lowest BCUT2D eigenvalue weighted by Gasteiger charge is -2.09. The van der Waals surface area contributed by atoms with Crippen LogP contribution in [-0.2, 0) is 17.8 Å². The number of carbonyl (C=O) groups is 1. The predicted octanol–water partition coefficient (Wildman–Crippen LogP) is 2.33. The molecule has 0 saturated carbocycles. The van der Waals surface area contributed by atoms with Gasteiger partial charge in [-0.05, 0) is 39.2 Å². The SMILES string of the molecule is CN(C)CCCNC(=O)Cc1csc(COc2ccccc2)n1. The molecule has 1 aromatic carbocycles. The summed E-state index contributed by atoms with van der Waals surface area (Å²) in [6, 6.07) is 9.64. The van der Waals surface area contributed by atoms with Crippen LogP contribution in [0, 0.1) is 0 Å². The fourth-order valence-electron chi connectivity index (χ4n) is 2.01. The van der Waals surface area contributed by atoms with Crippen molar-refractivity contribution in [3.05, 3.63) is 46.4 Å². The van der Waals surface area contributed by atoms with Crippen LogP contribution in [0.25, 0.3) is 0 Å². The summed E-state index contributed by atoms with van der Waals surface area (Å²) in [7, 11) is 4.05. The Morgan fingerprint density at radius 1 is 1.30 bits per heavy atom. The minimum absolute atomic E-state index is 0.0181. The first-order valence-corrected chi connectivity index (χ1v) is 8.54. The number of amides is 1. The average molecular weight is 333 g/mol. The Balaban J connectivity index is 1.70. The zero-order chi connectivity index (χ0) is 16.5.